The first-order valence-corrected chi connectivity index (χ1v) is 37.6. The predicted octanol–water partition coefficient (Wildman–Crippen LogP) is 0.846. The zero-order valence-corrected chi connectivity index (χ0v) is 59.2. The van der Waals surface area contributed by atoms with Crippen LogP contribution in [-0.2, 0) is 69.1 Å². The first-order valence-electron chi connectivity index (χ1n) is 37.6. The van der Waals surface area contributed by atoms with Crippen molar-refractivity contribution in [1.29, 1.82) is 0 Å². The van der Waals surface area contributed by atoms with E-state index in [-0.39, 0.29) is 132 Å². The van der Waals surface area contributed by atoms with Crippen LogP contribution >= 0.6 is 0 Å². The predicted molar refractivity (Wildman–Crippen MR) is 384 cm³/mol. The molecular formula is C73H109N17O13. The lowest BCUT2D eigenvalue weighted by Gasteiger charge is -2.42. The van der Waals surface area contributed by atoms with Gasteiger partial charge in [0.1, 0.15) is 48.3 Å². The molecule has 0 radical (unpaired) electrons. The molecule has 4 aliphatic carbocycles. The molecule has 13 atom stereocenters. The third-order valence-corrected chi connectivity index (χ3v) is 22.6. The third kappa shape index (κ3) is 19.8. The van der Waals surface area contributed by atoms with E-state index in [4.69, 9.17) is 27.9 Å². The average molecular weight is 1430 g/mol. The highest BCUT2D eigenvalue weighted by Crippen LogP contribution is 2.43. The lowest BCUT2D eigenvalue weighted by atomic mass is 9.84. The van der Waals surface area contributed by atoms with Crippen LogP contribution < -0.4 is 54.8 Å². The number of aliphatic imine (C=N–C) groups is 3. The van der Waals surface area contributed by atoms with E-state index in [1.165, 1.54) is 9.80 Å². The second-order valence-electron chi connectivity index (χ2n) is 29.6. The number of carbonyl (C=O) groups excluding carboxylic acids is 7. The fraction of sp³-hybridized carbons (Fsp3) is 0.671. The minimum Gasteiger partial charge on any atom is -0.480 e. The van der Waals surface area contributed by atoms with E-state index in [2.05, 4.69) is 41.9 Å². The number of aliphatic hydroxyl groups excluding tert-OH is 2. The molecule has 18 N–H and O–H groups in total. The molecule has 6 fully saturated rings. The molecule has 30 nitrogen and oxygen atoms in total. The Labute approximate surface area is 602 Å². The molecule has 4 heterocycles. The molecule has 564 valence electrons. The average Bonchev–Trinajstić information content (AvgIpc) is 1.74. The molecule has 4 saturated carbocycles. The number of aliphatic carboxylic acids is 2. The Balaban J connectivity index is 0.902. The number of nitrogens with two attached hydrogens (primary N) is 4. The summed E-state index contributed by atoms with van der Waals surface area (Å²) in [6.07, 6.45) is 16.6. The van der Waals surface area contributed by atoms with Gasteiger partial charge in [-0.05, 0) is 124 Å². The van der Waals surface area contributed by atoms with Crippen molar-refractivity contribution < 1.29 is 63.6 Å². The zero-order chi connectivity index (χ0) is 73.3. The minimum absolute atomic E-state index is 0.0157. The topological polar surface area (TPSA) is 461 Å². The summed E-state index contributed by atoms with van der Waals surface area (Å²) in [6, 6.07) is 3.20. The number of nitrogens with one attached hydrogen (secondary N) is 6. The van der Waals surface area contributed by atoms with E-state index in [0.717, 1.165) is 125 Å². The van der Waals surface area contributed by atoms with E-state index < -0.39 is 121 Å². The molecule has 30 heteroatoms. The Hall–Kier alpha value is -8.64. The Morgan fingerprint density at radius 1 is 0.505 bits per heavy atom. The molecule has 4 aliphatic heterocycles. The number of benzene rings is 2. The van der Waals surface area contributed by atoms with Crippen LogP contribution in [0.5, 0.6) is 0 Å². The highest BCUT2D eigenvalue weighted by atomic mass is 16.4. The summed E-state index contributed by atoms with van der Waals surface area (Å²) in [5, 5.41) is 61.8. The van der Waals surface area contributed by atoms with E-state index in [0.29, 0.717) is 25.2 Å². The van der Waals surface area contributed by atoms with Crippen LogP contribution in [0.25, 0.3) is 0 Å². The van der Waals surface area contributed by atoms with Crippen molar-refractivity contribution >= 4 is 71.2 Å². The summed E-state index contributed by atoms with van der Waals surface area (Å²) in [6.45, 7) is -1.58. The SMILES string of the molecule is NC(N)=NCCC[C@H](NC(=O)[C@@H]1CC2CCCCC2N1C(=O)[C@H]1Cc2ccccc2CN1C(=O)[C@H](CO)NC[C@@H](CC(=O)N[C@@H](CO)C(=O)N1Cc2ccccc2C[C@@H]1C(=O)N1C2CCCCC2C[C@H]1C(=O)N[C@@H](CCCN=C(N)N)C(=O)O)NC(=NC1CCCCC1)NC1CCCCC1)C(=O)O. The Morgan fingerprint density at radius 2 is 0.942 bits per heavy atom. The van der Waals surface area contributed by atoms with Gasteiger partial charge in [0.25, 0.3) is 0 Å². The van der Waals surface area contributed by atoms with Crippen LogP contribution in [0.3, 0.4) is 0 Å². The number of amides is 7. The second kappa shape index (κ2) is 36.7. The van der Waals surface area contributed by atoms with E-state index in [1.807, 2.05) is 48.5 Å². The largest absolute Gasteiger partial charge is 0.480 e. The van der Waals surface area contributed by atoms with Gasteiger partial charge in [-0.25, -0.2) is 14.6 Å². The molecule has 10 rings (SSSR count). The van der Waals surface area contributed by atoms with Crippen LogP contribution in [0.4, 0.5) is 0 Å². The summed E-state index contributed by atoms with van der Waals surface area (Å²) in [5.41, 5.74) is 25.1. The van der Waals surface area contributed by atoms with Gasteiger partial charge in [0.05, 0.1) is 25.3 Å². The second-order valence-corrected chi connectivity index (χ2v) is 29.6. The fourth-order valence-corrected chi connectivity index (χ4v) is 17.3. The van der Waals surface area contributed by atoms with Gasteiger partial charge in [-0.2, -0.15) is 0 Å². The van der Waals surface area contributed by atoms with Gasteiger partial charge in [-0.1, -0.05) is 113 Å². The molecule has 8 aliphatic rings. The molecule has 4 unspecified atom stereocenters. The Morgan fingerprint density at radius 3 is 1.40 bits per heavy atom. The molecule has 0 aromatic heterocycles. The number of hydrogen-bond acceptors (Lipinski definition) is 15. The summed E-state index contributed by atoms with van der Waals surface area (Å²) in [5.74, 6) is -6.78. The van der Waals surface area contributed by atoms with Gasteiger partial charge in [-0.15, -0.1) is 0 Å². The molecule has 0 bridgehead atoms. The van der Waals surface area contributed by atoms with Crippen LogP contribution in [0, 0.1) is 11.8 Å². The fourth-order valence-electron chi connectivity index (χ4n) is 17.3. The van der Waals surface area contributed by atoms with Crippen molar-refractivity contribution in [2.24, 2.45) is 49.7 Å². The highest BCUT2D eigenvalue weighted by molar-refractivity contribution is 5.98. The van der Waals surface area contributed by atoms with Gasteiger partial charge in [0.2, 0.25) is 41.4 Å². The molecule has 2 saturated heterocycles. The van der Waals surface area contributed by atoms with Gasteiger partial charge in [0, 0.05) is 70.1 Å². The first-order chi connectivity index (χ1) is 49.7. The number of carboxylic acid groups (broad SMARTS) is 2. The molecule has 103 heavy (non-hydrogen) atoms. The Kier molecular flexibility index (Phi) is 27.4. The zero-order valence-electron chi connectivity index (χ0n) is 59.2. The summed E-state index contributed by atoms with van der Waals surface area (Å²) in [7, 11) is 0. The van der Waals surface area contributed by atoms with Gasteiger partial charge in [0.15, 0.2) is 17.9 Å². The normalized spacial score (nSPS) is 25.0. The number of nitrogens with zero attached hydrogens (tertiary/aromatic N) is 7. The van der Waals surface area contributed by atoms with Crippen molar-refractivity contribution in [1.82, 2.24) is 51.5 Å². The van der Waals surface area contributed by atoms with Crippen molar-refractivity contribution in [3.63, 3.8) is 0 Å². The van der Waals surface area contributed by atoms with E-state index in [1.54, 1.807) is 9.80 Å². The number of rotatable bonds is 29. The van der Waals surface area contributed by atoms with Crippen LogP contribution in [0.15, 0.2) is 63.5 Å². The lowest BCUT2D eigenvalue weighted by Crippen LogP contribution is -2.62. The van der Waals surface area contributed by atoms with Crippen LogP contribution in [0.1, 0.15) is 183 Å². The highest BCUT2D eigenvalue weighted by Gasteiger charge is 2.54. The van der Waals surface area contributed by atoms with Crippen molar-refractivity contribution in [3.05, 3.63) is 70.8 Å². The van der Waals surface area contributed by atoms with Crippen LogP contribution in [-0.4, -0.2) is 223 Å². The maximum Gasteiger partial charge on any atom is 0.326 e. The molecule has 2 aromatic carbocycles. The Bertz CT molecular complexity index is 3410. The van der Waals surface area contributed by atoms with Crippen LogP contribution in [0.2, 0.25) is 0 Å². The molecular weight excluding hydrogens is 1320 g/mol. The number of carboxylic acids is 2. The first kappa shape index (κ1) is 77.0. The molecule has 2 aromatic rings. The third-order valence-electron chi connectivity index (χ3n) is 22.6. The quantitative estimate of drug-likeness (QED) is 0.0305. The van der Waals surface area contributed by atoms with E-state index in [9.17, 15) is 44.4 Å². The van der Waals surface area contributed by atoms with Crippen molar-refractivity contribution in [2.75, 3.05) is 32.8 Å². The van der Waals surface area contributed by atoms with Gasteiger partial charge in [-0.3, -0.25) is 43.5 Å². The number of fused-ring (bicyclic) bond motifs is 4. The molecule has 0 spiro atoms. The van der Waals surface area contributed by atoms with Gasteiger partial charge < -0.3 is 94.9 Å². The van der Waals surface area contributed by atoms with Gasteiger partial charge >= 0.3 is 11.9 Å². The smallest absolute Gasteiger partial charge is 0.326 e. The number of aliphatic hydroxyl groups is 2. The summed E-state index contributed by atoms with van der Waals surface area (Å²) in [4.78, 5) is 150. The molecule has 7 amide bonds. The number of carbonyl (C=O) groups is 9. The number of hydrogen-bond donors (Lipinski definition) is 14. The van der Waals surface area contributed by atoms with Crippen molar-refractivity contribution in [3.8, 4) is 0 Å². The standard InChI is InChI=1S/C73H109N17O13/c74-71(75)78-31-15-27-52(69(100)101)85-63(94)58-35-45-19-11-13-29-56(45)89(58)67(98)60-33-43-17-7-9-21-47(43)39-87(60)65(96)54(41-91)80-38-51(83-73(81-49-23-3-1-4-24-49)82-50-25-5-2-6-26-50)37-62(93)84-55(42-92)66(97)88-40-48-22-10-8-18-44(48)34-61(88)68(99)90-57-30-14-12-20-46(57)36-59(90)64(95)86-53(70(102)103)28-16-32-79-72(76)77/h7-10,17-18,21-22,45-46,49-61,80,91-92H,1-6,11-16,19-20,23-42H2,(H,84,93)(H,85,94)(H,86,95)(H,100,101)(H,102,103)(H4,74,75,78)(H4,76,77,79)(H2,81,82,83)/t45?,46?,51-,52+,53+,54+,55+,56?,57?,58+,59+,60-,61-/m1/s1. The number of likely N-dealkylation sites (tertiary alicyclic amines) is 2. The lowest BCUT2D eigenvalue weighted by molar-refractivity contribution is -0.153. The summed E-state index contributed by atoms with van der Waals surface area (Å²) >= 11 is 0. The minimum atomic E-state index is -1.58. The van der Waals surface area contributed by atoms with E-state index >= 15 is 19.2 Å². The van der Waals surface area contributed by atoms with Crippen molar-refractivity contribution in [2.45, 2.75) is 265 Å². The maximum atomic E-state index is 15.7. The maximum absolute atomic E-state index is 15.7. The summed E-state index contributed by atoms with van der Waals surface area (Å²) < 4.78 is 0. The number of guanidine groups is 3. The monoisotopic (exact) mass is 1430 g/mol.